The van der Waals surface area contributed by atoms with E-state index < -0.39 is 5.97 Å². The number of hydrogen-bond donors (Lipinski definition) is 2. The summed E-state index contributed by atoms with van der Waals surface area (Å²) in [5.41, 5.74) is 1.34. The SMILES string of the molecule is O=C(O)C1CCC(NCC(Cl)=CCl)CC1. The molecule has 0 aliphatic heterocycles. The highest BCUT2D eigenvalue weighted by Crippen LogP contribution is 2.24. The van der Waals surface area contributed by atoms with Crippen molar-refractivity contribution in [1.82, 2.24) is 5.32 Å². The van der Waals surface area contributed by atoms with Crippen molar-refractivity contribution >= 4 is 29.2 Å². The normalized spacial score (nSPS) is 27.7. The predicted octanol–water partition coefficient (Wildman–Crippen LogP) is 2.54. The molecule has 0 spiro atoms. The first-order valence-electron chi connectivity index (χ1n) is 5.04. The summed E-state index contributed by atoms with van der Waals surface area (Å²) in [4.78, 5) is 10.7. The fraction of sp³-hybridized carbons (Fsp3) is 0.700. The Hall–Kier alpha value is -0.250. The summed E-state index contributed by atoms with van der Waals surface area (Å²) in [5.74, 6) is -0.839. The molecule has 0 saturated heterocycles. The van der Waals surface area contributed by atoms with Crippen LogP contribution in [0.25, 0.3) is 0 Å². The number of carboxylic acid groups (broad SMARTS) is 1. The second-order valence-corrected chi connectivity index (χ2v) is 4.53. The van der Waals surface area contributed by atoms with Gasteiger partial charge in [0.05, 0.1) is 5.92 Å². The van der Waals surface area contributed by atoms with Crippen molar-refractivity contribution in [3.63, 3.8) is 0 Å². The Balaban J connectivity index is 2.23. The Kier molecular flexibility index (Phi) is 5.43. The van der Waals surface area contributed by atoms with Crippen LogP contribution in [0.3, 0.4) is 0 Å². The van der Waals surface area contributed by atoms with Gasteiger partial charge < -0.3 is 10.4 Å². The molecule has 0 aromatic heterocycles. The topological polar surface area (TPSA) is 49.3 Å². The predicted molar refractivity (Wildman–Crippen MR) is 61.2 cm³/mol. The number of rotatable bonds is 4. The molecule has 1 fully saturated rings. The summed E-state index contributed by atoms with van der Waals surface area (Å²) in [6.45, 7) is 0.563. The van der Waals surface area contributed by atoms with Gasteiger partial charge in [0.2, 0.25) is 0 Å². The van der Waals surface area contributed by atoms with Crippen LogP contribution in [-0.2, 0) is 4.79 Å². The molecule has 0 bridgehead atoms. The number of carboxylic acids is 1. The van der Waals surface area contributed by atoms with E-state index >= 15 is 0 Å². The molecule has 86 valence electrons. The van der Waals surface area contributed by atoms with E-state index in [2.05, 4.69) is 5.32 Å². The second-order valence-electron chi connectivity index (χ2n) is 3.82. The van der Waals surface area contributed by atoms with Crippen LogP contribution in [0.5, 0.6) is 0 Å². The smallest absolute Gasteiger partial charge is 0.306 e. The van der Waals surface area contributed by atoms with E-state index in [0.29, 0.717) is 17.6 Å². The highest BCUT2D eigenvalue weighted by molar-refractivity contribution is 6.36. The first kappa shape index (κ1) is 12.8. The largest absolute Gasteiger partial charge is 0.481 e. The monoisotopic (exact) mass is 251 g/mol. The molecule has 1 saturated carbocycles. The molecule has 3 nitrogen and oxygen atoms in total. The Morgan fingerprint density at radius 2 is 2.00 bits per heavy atom. The molecule has 1 aliphatic rings. The lowest BCUT2D eigenvalue weighted by molar-refractivity contribution is -0.142. The molecule has 15 heavy (non-hydrogen) atoms. The molecule has 1 rings (SSSR count). The first-order valence-corrected chi connectivity index (χ1v) is 5.86. The molecular weight excluding hydrogens is 237 g/mol. The standard InChI is InChI=1S/C10H15Cl2NO2/c11-5-8(12)6-13-9-3-1-7(2-4-9)10(14)15/h5,7,9,13H,1-4,6H2,(H,14,15). The third kappa shape index (κ3) is 4.41. The minimum atomic E-state index is -0.674. The lowest BCUT2D eigenvalue weighted by atomic mass is 9.86. The molecule has 0 radical (unpaired) electrons. The molecule has 0 heterocycles. The van der Waals surface area contributed by atoms with Gasteiger partial charge in [0.1, 0.15) is 0 Å². The van der Waals surface area contributed by atoms with E-state index in [1.807, 2.05) is 0 Å². The number of carbonyl (C=O) groups is 1. The molecule has 5 heteroatoms. The van der Waals surface area contributed by atoms with Gasteiger partial charge in [-0.3, -0.25) is 4.79 Å². The number of halogens is 2. The minimum absolute atomic E-state index is 0.165. The van der Waals surface area contributed by atoms with Crippen LogP contribution in [0.4, 0.5) is 0 Å². The van der Waals surface area contributed by atoms with Gasteiger partial charge in [-0.2, -0.15) is 0 Å². The Labute approximate surface area is 99.4 Å². The molecular formula is C10H15Cl2NO2. The Bertz CT molecular complexity index is 248. The second kappa shape index (κ2) is 6.36. The lowest BCUT2D eigenvalue weighted by Crippen LogP contribution is -2.35. The summed E-state index contributed by atoms with van der Waals surface area (Å²) in [5, 5.41) is 12.6. The van der Waals surface area contributed by atoms with Gasteiger partial charge in [-0.25, -0.2) is 0 Å². The third-order valence-corrected chi connectivity index (χ3v) is 3.37. The third-order valence-electron chi connectivity index (χ3n) is 2.75. The van der Waals surface area contributed by atoms with Crippen molar-refractivity contribution in [2.75, 3.05) is 6.54 Å². The average Bonchev–Trinajstić information content (AvgIpc) is 2.26. The van der Waals surface area contributed by atoms with Crippen molar-refractivity contribution in [3.05, 3.63) is 10.6 Å². The molecule has 0 unspecified atom stereocenters. The zero-order chi connectivity index (χ0) is 11.3. The summed E-state index contributed by atoms with van der Waals surface area (Å²) >= 11 is 11.2. The van der Waals surface area contributed by atoms with E-state index in [1.165, 1.54) is 5.54 Å². The number of hydrogen-bond acceptors (Lipinski definition) is 2. The van der Waals surface area contributed by atoms with E-state index in [1.54, 1.807) is 0 Å². The zero-order valence-electron chi connectivity index (χ0n) is 8.38. The number of aliphatic carboxylic acids is 1. The highest BCUT2D eigenvalue weighted by Gasteiger charge is 2.25. The maximum atomic E-state index is 10.7. The highest BCUT2D eigenvalue weighted by atomic mass is 35.5. The van der Waals surface area contributed by atoms with E-state index in [-0.39, 0.29) is 5.92 Å². The van der Waals surface area contributed by atoms with Gasteiger partial charge in [0.15, 0.2) is 0 Å². The van der Waals surface area contributed by atoms with Crippen LogP contribution in [0, 0.1) is 5.92 Å². The van der Waals surface area contributed by atoms with Crippen LogP contribution in [0.2, 0.25) is 0 Å². The molecule has 0 atom stereocenters. The van der Waals surface area contributed by atoms with Crippen molar-refractivity contribution in [2.24, 2.45) is 5.92 Å². The molecule has 0 aromatic rings. The van der Waals surface area contributed by atoms with Crippen LogP contribution in [-0.4, -0.2) is 23.7 Å². The summed E-state index contributed by atoms with van der Waals surface area (Å²) in [7, 11) is 0. The van der Waals surface area contributed by atoms with Gasteiger partial charge in [-0.1, -0.05) is 23.2 Å². The summed E-state index contributed by atoms with van der Waals surface area (Å²) < 4.78 is 0. The van der Waals surface area contributed by atoms with Gasteiger partial charge in [-0.05, 0) is 25.7 Å². The van der Waals surface area contributed by atoms with Crippen LogP contribution < -0.4 is 5.32 Å². The Morgan fingerprint density at radius 3 is 2.47 bits per heavy atom. The summed E-state index contributed by atoms with van der Waals surface area (Å²) in [6, 6.07) is 0.367. The first-order chi connectivity index (χ1) is 7.13. The van der Waals surface area contributed by atoms with Gasteiger partial charge >= 0.3 is 5.97 Å². The van der Waals surface area contributed by atoms with Crippen molar-refractivity contribution in [3.8, 4) is 0 Å². The molecule has 1 aliphatic carbocycles. The fourth-order valence-electron chi connectivity index (χ4n) is 1.82. The van der Waals surface area contributed by atoms with Crippen molar-refractivity contribution in [1.29, 1.82) is 0 Å². The van der Waals surface area contributed by atoms with E-state index in [4.69, 9.17) is 28.3 Å². The summed E-state index contributed by atoms with van der Waals surface area (Å²) in [6.07, 6.45) is 3.28. The van der Waals surface area contributed by atoms with E-state index in [9.17, 15) is 4.79 Å². The molecule has 2 N–H and O–H groups in total. The maximum absolute atomic E-state index is 10.7. The minimum Gasteiger partial charge on any atom is -0.481 e. The van der Waals surface area contributed by atoms with E-state index in [0.717, 1.165) is 25.7 Å². The zero-order valence-corrected chi connectivity index (χ0v) is 9.89. The fourth-order valence-corrected chi connectivity index (χ4v) is 1.98. The van der Waals surface area contributed by atoms with Crippen molar-refractivity contribution in [2.45, 2.75) is 31.7 Å². The van der Waals surface area contributed by atoms with Crippen molar-refractivity contribution < 1.29 is 9.90 Å². The maximum Gasteiger partial charge on any atom is 0.306 e. The molecule has 0 amide bonds. The molecule has 0 aromatic carbocycles. The quantitative estimate of drug-likeness (QED) is 0.808. The van der Waals surface area contributed by atoms with Crippen LogP contribution in [0.1, 0.15) is 25.7 Å². The van der Waals surface area contributed by atoms with Crippen LogP contribution >= 0.6 is 23.2 Å². The van der Waals surface area contributed by atoms with Gasteiger partial charge in [-0.15, -0.1) is 0 Å². The lowest BCUT2D eigenvalue weighted by Gasteiger charge is -2.26. The average molecular weight is 252 g/mol. The Morgan fingerprint density at radius 1 is 1.40 bits per heavy atom. The number of nitrogens with one attached hydrogen (secondary N) is 1. The van der Waals surface area contributed by atoms with Crippen LogP contribution in [0.15, 0.2) is 10.6 Å². The van der Waals surface area contributed by atoms with Gasteiger partial charge in [0.25, 0.3) is 0 Å². The van der Waals surface area contributed by atoms with Gasteiger partial charge in [0, 0.05) is 23.2 Å².